The molecule has 7 aliphatic rings. The molecule has 1 amide bonds. The first-order chi connectivity index (χ1) is 29.9. The molecule has 0 aromatic rings. The number of carbonyl (C=O) groups is 2. The molecule has 0 aromatic heterocycles. The van der Waals surface area contributed by atoms with Gasteiger partial charge in [0.05, 0.1) is 55.4 Å². The molecule has 6 aliphatic heterocycles. The molecule has 0 aromatic carbocycles. The maximum Gasteiger partial charge on any atom is 0.316 e. The van der Waals surface area contributed by atoms with Crippen molar-refractivity contribution in [3.8, 4) is 0 Å². The van der Waals surface area contributed by atoms with Crippen LogP contribution in [0, 0.1) is 17.8 Å². The van der Waals surface area contributed by atoms with E-state index in [9.17, 15) is 19.8 Å². The van der Waals surface area contributed by atoms with E-state index in [0.717, 1.165) is 5.57 Å². The number of amides is 1. The minimum Gasteiger partial charge on any atom is -0.462 e. The van der Waals surface area contributed by atoms with E-state index < -0.39 is 72.5 Å². The minimum atomic E-state index is -1.83. The largest absolute Gasteiger partial charge is 0.462 e. The Morgan fingerprint density at radius 2 is 1.65 bits per heavy atom. The van der Waals surface area contributed by atoms with Gasteiger partial charge >= 0.3 is 5.97 Å². The third-order valence-electron chi connectivity index (χ3n) is 14.0. The summed E-state index contributed by atoms with van der Waals surface area (Å²) in [7, 11) is 3.26. The Hall–Kier alpha value is -2.80. The fourth-order valence-corrected chi connectivity index (χ4v) is 10.6. The number of esters is 1. The molecule has 18 atom stereocenters. The Morgan fingerprint density at radius 1 is 0.937 bits per heavy atom. The lowest BCUT2D eigenvalue weighted by molar-refractivity contribution is -0.310. The van der Waals surface area contributed by atoms with Gasteiger partial charge in [-0.05, 0) is 69.2 Å². The molecule has 352 valence electrons. The number of fused-ring (bicyclic) bond motifs is 2. The van der Waals surface area contributed by atoms with Crippen molar-refractivity contribution in [3.63, 3.8) is 0 Å². The van der Waals surface area contributed by atoms with E-state index in [-0.39, 0.29) is 67.3 Å². The van der Waals surface area contributed by atoms with Crippen LogP contribution in [0.3, 0.4) is 0 Å². The van der Waals surface area contributed by atoms with Crippen molar-refractivity contribution < 1.29 is 67.2 Å². The van der Waals surface area contributed by atoms with Crippen LogP contribution >= 0.6 is 0 Å². The van der Waals surface area contributed by atoms with Crippen molar-refractivity contribution in [2.75, 3.05) is 20.8 Å². The summed E-state index contributed by atoms with van der Waals surface area (Å²) in [4.78, 5) is 26.2. The van der Waals surface area contributed by atoms with Crippen LogP contribution in [-0.4, -0.2) is 140 Å². The lowest BCUT2D eigenvalue weighted by Crippen LogP contribution is -2.58. The lowest BCUT2D eigenvalue weighted by Gasteiger charge is -2.48. The van der Waals surface area contributed by atoms with Gasteiger partial charge in [-0.1, -0.05) is 57.2 Å². The van der Waals surface area contributed by atoms with Crippen molar-refractivity contribution in [1.82, 2.24) is 5.32 Å². The summed E-state index contributed by atoms with van der Waals surface area (Å²) in [6.45, 7) is 15.5. The predicted octanol–water partition coefficient (Wildman–Crippen LogP) is 4.89. The normalized spacial score (nSPS) is 46.0. The van der Waals surface area contributed by atoms with Crippen LogP contribution in [0.5, 0.6) is 0 Å². The highest BCUT2D eigenvalue weighted by molar-refractivity contribution is 5.78. The molecule has 1 spiro atoms. The van der Waals surface area contributed by atoms with Crippen LogP contribution in [0.15, 0.2) is 59.3 Å². The van der Waals surface area contributed by atoms with Gasteiger partial charge in [-0.3, -0.25) is 9.59 Å². The van der Waals surface area contributed by atoms with E-state index in [1.165, 1.54) is 6.92 Å². The van der Waals surface area contributed by atoms with Gasteiger partial charge in [0.25, 0.3) is 0 Å². The smallest absolute Gasteiger partial charge is 0.316 e. The van der Waals surface area contributed by atoms with E-state index in [0.29, 0.717) is 43.3 Å². The number of hydrogen-bond acceptors (Lipinski definition) is 14. The van der Waals surface area contributed by atoms with Crippen molar-refractivity contribution in [1.29, 1.82) is 0 Å². The summed E-state index contributed by atoms with van der Waals surface area (Å²) >= 11 is 0. The maximum absolute atomic E-state index is 14.3. The second-order valence-electron chi connectivity index (χ2n) is 19.0. The molecule has 3 N–H and O–H groups in total. The molecular weight excluding hydrogens is 815 g/mol. The summed E-state index contributed by atoms with van der Waals surface area (Å²) in [5.41, 5.74) is 0.129. The van der Waals surface area contributed by atoms with Crippen LogP contribution < -0.4 is 5.32 Å². The van der Waals surface area contributed by atoms with Gasteiger partial charge in [0, 0.05) is 52.7 Å². The standard InChI is InChI=1S/C48H71NO14/c1-25(2)43-27(4)17-18-47(63-43)23-34-20-33(62-47)16-15-26(3)36(14-12-11-13-32-24-56-45-42(51)28(5)19-35(46(52)59-34)48(32,45)53)60-39-22-38(55-10)44(30(7)58-39)61-40-21-37(54-9)41(29(6)57-40)49-31(8)50/h11-13,15,17-19,25,27,29-30,33-45,51,53H,14,16,20-24H2,1-10H3,(H,49,50)/b12-11-,26-15-,32-13?. The fourth-order valence-electron chi connectivity index (χ4n) is 10.6. The number of nitrogens with one attached hydrogen (secondary N) is 1. The molecule has 18 unspecified atom stereocenters. The van der Waals surface area contributed by atoms with Crippen molar-refractivity contribution in [2.45, 2.75) is 191 Å². The van der Waals surface area contributed by atoms with Crippen LogP contribution in [0.2, 0.25) is 0 Å². The van der Waals surface area contributed by atoms with Gasteiger partial charge in [0.1, 0.15) is 35.9 Å². The predicted molar refractivity (Wildman–Crippen MR) is 230 cm³/mol. The highest BCUT2D eigenvalue weighted by Crippen LogP contribution is 2.47. The molecule has 2 bridgehead atoms. The van der Waals surface area contributed by atoms with Gasteiger partial charge in [-0.15, -0.1) is 0 Å². The topological polar surface area (TPSA) is 179 Å². The number of aliphatic hydroxyl groups excluding tert-OH is 1. The van der Waals surface area contributed by atoms with E-state index in [4.69, 9.17) is 47.4 Å². The second-order valence-corrected chi connectivity index (χ2v) is 19.0. The molecule has 15 heteroatoms. The zero-order chi connectivity index (χ0) is 45.4. The van der Waals surface area contributed by atoms with Crippen molar-refractivity contribution in [2.24, 2.45) is 17.8 Å². The third kappa shape index (κ3) is 10.3. The van der Waals surface area contributed by atoms with E-state index in [1.807, 2.05) is 39.0 Å². The highest BCUT2D eigenvalue weighted by atomic mass is 16.7. The Morgan fingerprint density at radius 3 is 2.37 bits per heavy atom. The number of aliphatic hydroxyl groups is 2. The first-order valence-corrected chi connectivity index (χ1v) is 22.9. The molecule has 1 aliphatic carbocycles. The van der Waals surface area contributed by atoms with Gasteiger partial charge in [0.2, 0.25) is 5.91 Å². The summed E-state index contributed by atoms with van der Waals surface area (Å²) < 4.78 is 63.9. The number of hydrogen-bond donors (Lipinski definition) is 3. The quantitative estimate of drug-likeness (QED) is 0.222. The van der Waals surface area contributed by atoms with Gasteiger partial charge in [-0.25, -0.2) is 0 Å². The second kappa shape index (κ2) is 20.0. The SMILES string of the molecule is COC1CC(OC2C(C)OC(OC3C/C=C\C=C4COC5C(O)C(C)=CC(C(=O)OC6CC(C/C=C\3C)OC3(C=CC(C)C(C(C)C)O3)C6)C45O)CC2OC)OC(C)C1NC(C)=O. The van der Waals surface area contributed by atoms with Crippen LogP contribution in [-0.2, 0) is 57.0 Å². The Kier molecular flexibility index (Phi) is 15.3. The summed E-state index contributed by atoms with van der Waals surface area (Å²) in [5, 5.41) is 26.6. The fraction of sp³-hybridized carbons (Fsp3) is 0.750. The number of allylic oxidation sites excluding steroid dienone is 2. The first kappa shape index (κ1) is 48.1. The average molecular weight is 886 g/mol. The van der Waals surface area contributed by atoms with Crippen LogP contribution in [0.4, 0.5) is 0 Å². The maximum atomic E-state index is 14.3. The van der Waals surface area contributed by atoms with Crippen molar-refractivity contribution in [3.05, 3.63) is 59.3 Å². The number of carbonyl (C=O) groups excluding carboxylic acids is 2. The molecule has 15 nitrogen and oxygen atoms in total. The van der Waals surface area contributed by atoms with E-state index in [2.05, 4.69) is 38.2 Å². The molecule has 6 heterocycles. The van der Waals surface area contributed by atoms with E-state index >= 15 is 0 Å². The molecule has 63 heavy (non-hydrogen) atoms. The summed E-state index contributed by atoms with van der Waals surface area (Å²) in [6, 6.07) is -0.312. The average Bonchev–Trinajstić information content (AvgIpc) is 3.57. The first-order valence-electron chi connectivity index (χ1n) is 22.9. The van der Waals surface area contributed by atoms with Crippen molar-refractivity contribution >= 4 is 11.9 Å². The van der Waals surface area contributed by atoms with Crippen LogP contribution in [0.25, 0.3) is 0 Å². The molecule has 4 fully saturated rings. The Balaban J connectivity index is 1.14. The minimum absolute atomic E-state index is 0.0322. The third-order valence-corrected chi connectivity index (χ3v) is 14.0. The van der Waals surface area contributed by atoms with Gasteiger partial charge in [-0.2, -0.15) is 0 Å². The molecule has 4 saturated heterocycles. The van der Waals surface area contributed by atoms with Gasteiger partial charge in [0.15, 0.2) is 18.4 Å². The summed E-state index contributed by atoms with van der Waals surface area (Å²) in [5.74, 6) is -2.59. The van der Waals surface area contributed by atoms with Gasteiger partial charge < -0.3 is 62.9 Å². The Labute approximate surface area is 372 Å². The highest BCUT2D eigenvalue weighted by Gasteiger charge is 2.60. The zero-order valence-corrected chi connectivity index (χ0v) is 38.6. The van der Waals surface area contributed by atoms with E-state index in [1.54, 1.807) is 33.3 Å². The summed E-state index contributed by atoms with van der Waals surface area (Å²) in [6.07, 6.45) is 8.97. The lowest BCUT2D eigenvalue weighted by atomic mass is 9.71. The van der Waals surface area contributed by atoms with Crippen LogP contribution in [0.1, 0.15) is 93.9 Å². The monoisotopic (exact) mass is 885 g/mol. The molecular formula is C48H71NO14. The number of methoxy groups -OCH3 is 2. The molecule has 0 saturated carbocycles. The Bertz CT molecular complexity index is 1790. The zero-order valence-electron chi connectivity index (χ0n) is 38.6. The number of ether oxygens (including phenoxy) is 10. The molecule has 0 radical (unpaired) electrons. The number of rotatable bonds is 8. The molecule has 7 rings (SSSR count).